The lowest BCUT2D eigenvalue weighted by Crippen LogP contribution is -2.16. The van der Waals surface area contributed by atoms with Gasteiger partial charge in [-0.25, -0.2) is 0 Å². The van der Waals surface area contributed by atoms with Gasteiger partial charge in [0.05, 0.1) is 0 Å². The topological polar surface area (TPSA) is 58.6 Å². The van der Waals surface area contributed by atoms with Gasteiger partial charge in [0.25, 0.3) is 0 Å². The molecule has 0 unspecified atom stereocenters. The fraction of sp³-hybridized carbons (Fsp3) is 0.414. The van der Waals surface area contributed by atoms with Crippen LogP contribution >= 0.6 is 0 Å². The number of aryl methyl sites for hydroxylation is 2. The summed E-state index contributed by atoms with van der Waals surface area (Å²) in [5, 5.41) is 12.3. The van der Waals surface area contributed by atoms with E-state index in [1.165, 1.54) is 28.7 Å². The van der Waals surface area contributed by atoms with Gasteiger partial charge >= 0.3 is 5.97 Å². The van der Waals surface area contributed by atoms with Crippen LogP contribution in [0.4, 0.5) is 0 Å². The van der Waals surface area contributed by atoms with Crippen LogP contribution in [0.2, 0.25) is 0 Å². The maximum atomic E-state index is 10.8. The number of carboxylic acid groups (broad SMARTS) is 1. The number of aliphatic carboxylic acids is 1. The predicted molar refractivity (Wildman–Crippen MR) is 135 cm³/mol. The van der Waals surface area contributed by atoms with E-state index in [4.69, 9.17) is 9.84 Å². The molecule has 2 aromatic rings. The first kappa shape index (κ1) is 24.8. The lowest BCUT2D eigenvalue weighted by Gasteiger charge is -2.13. The Morgan fingerprint density at radius 1 is 0.970 bits per heavy atom. The standard InChI is InChI=1S/C29H37NO3/c1-2-16-30-17-6-9-25-19-26(18-24-7-4-3-5-8-24)21-27(20-25)22-33-28-13-10-23(11-14-28)12-15-29(31)32/h4,7-8,10-11,13-14,19-21,30H,2-3,5-6,9,12,15-18,22H2,1H3,(H,31,32). The number of carbonyl (C=O) groups is 1. The van der Waals surface area contributed by atoms with Crippen molar-refractivity contribution in [3.63, 3.8) is 0 Å². The summed E-state index contributed by atoms with van der Waals surface area (Å²) < 4.78 is 6.07. The molecule has 3 rings (SSSR count). The summed E-state index contributed by atoms with van der Waals surface area (Å²) >= 11 is 0. The zero-order valence-corrected chi connectivity index (χ0v) is 19.8. The van der Waals surface area contributed by atoms with Crippen molar-refractivity contribution in [2.45, 2.75) is 64.9 Å². The second-order valence-corrected chi connectivity index (χ2v) is 8.77. The van der Waals surface area contributed by atoms with Crippen LogP contribution in [0.25, 0.3) is 0 Å². The molecule has 2 N–H and O–H groups in total. The Kier molecular flexibility index (Phi) is 10.2. The average Bonchev–Trinajstić information content (AvgIpc) is 2.82. The monoisotopic (exact) mass is 447 g/mol. The molecule has 0 radical (unpaired) electrons. The minimum Gasteiger partial charge on any atom is -0.489 e. The first-order valence-electron chi connectivity index (χ1n) is 12.2. The first-order valence-corrected chi connectivity index (χ1v) is 12.2. The highest BCUT2D eigenvalue weighted by molar-refractivity contribution is 5.67. The van der Waals surface area contributed by atoms with E-state index in [2.05, 4.69) is 48.7 Å². The van der Waals surface area contributed by atoms with E-state index in [0.29, 0.717) is 13.0 Å². The number of carboxylic acids is 1. The molecular formula is C29H37NO3. The molecule has 0 fully saturated rings. The molecule has 0 saturated carbocycles. The molecule has 0 aromatic heterocycles. The molecule has 33 heavy (non-hydrogen) atoms. The zero-order chi connectivity index (χ0) is 23.3. The summed E-state index contributed by atoms with van der Waals surface area (Å²) in [4.78, 5) is 10.8. The van der Waals surface area contributed by atoms with Crippen molar-refractivity contribution < 1.29 is 14.6 Å². The summed E-state index contributed by atoms with van der Waals surface area (Å²) in [5.41, 5.74) is 6.31. The number of nitrogens with one attached hydrogen (secondary N) is 1. The van der Waals surface area contributed by atoms with E-state index in [9.17, 15) is 4.79 Å². The van der Waals surface area contributed by atoms with Crippen LogP contribution < -0.4 is 10.1 Å². The predicted octanol–water partition coefficient (Wildman–Crippen LogP) is 6.03. The van der Waals surface area contributed by atoms with Gasteiger partial charge in [-0.3, -0.25) is 4.79 Å². The van der Waals surface area contributed by atoms with Crippen molar-refractivity contribution in [3.05, 3.63) is 88.5 Å². The van der Waals surface area contributed by atoms with Gasteiger partial charge in [-0.2, -0.15) is 0 Å². The molecule has 0 spiro atoms. The molecule has 0 aliphatic heterocycles. The summed E-state index contributed by atoms with van der Waals surface area (Å²) in [6.45, 7) is 4.85. The molecular weight excluding hydrogens is 410 g/mol. The maximum Gasteiger partial charge on any atom is 0.303 e. The molecule has 0 heterocycles. The Balaban J connectivity index is 1.63. The van der Waals surface area contributed by atoms with Gasteiger partial charge in [0, 0.05) is 6.42 Å². The molecule has 2 aromatic carbocycles. The average molecular weight is 448 g/mol. The minimum absolute atomic E-state index is 0.148. The summed E-state index contributed by atoms with van der Waals surface area (Å²) in [6, 6.07) is 14.7. The van der Waals surface area contributed by atoms with Crippen LogP contribution in [0.15, 0.2) is 66.3 Å². The molecule has 0 atom stereocenters. The van der Waals surface area contributed by atoms with Gasteiger partial charge in [-0.15, -0.1) is 0 Å². The normalized spacial score (nSPS) is 13.1. The third kappa shape index (κ3) is 9.27. The van der Waals surface area contributed by atoms with Gasteiger partial charge < -0.3 is 15.2 Å². The van der Waals surface area contributed by atoms with E-state index in [1.807, 2.05) is 24.3 Å². The lowest BCUT2D eigenvalue weighted by molar-refractivity contribution is -0.136. The van der Waals surface area contributed by atoms with Crippen molar-refractivity contribution in [1.82, 2.24) is 5.32 Å². The Hall–Kier alpha value is -2.85. The van der Waals surface area contributed by atoms with E-state index in [1.54, 1.807) is 0 Å². The largest absolute Gasteiger partial charge is 0.489 e. The van der Waals surface area contributed by atoms with Gasteiger partial charge in [0.2, 0.25) is 0 Å². The fourth-order valence-electron chi connectivity index (χ4n) is 4.09. The summed E-state index contributed by atoms with van der Waals surface area (Å²) in [7, 11) is 0. The lowest BCUT2D eigenvalue weighted by atomic mass is 9.95. The fourth-order valence-corrected chi connectivity index (χ4v) is 4.09. The molecule has 0 saturated heterocycles. The number of hydrogen-bond acceptors (Lipinski definition) is 3. The van der Waals surface area contributed by atoms with Crippen LogP contribution in [0.3, 0.4) is 0 Å². The van der Waals surface area contributed by atoms with Gasteiger partial charge in [-0.1, -0.05) is 55.5 Å². The van der Waals surface area contributed by atoms with E-state index < -0.39 is 5.97 Å². The Bertz CT molecular complexity index is 944. The second-order valence-electron chi connectivity index (χ2n) is 8.77. The minimum atomic E-state index is -0.772. The molecule has 0 amide bonds. The number of rotatable bonds is 14. The van der Waals surface area contributed by atoms with Crippen LogP contribution in [-0.2, 0) is 30.7 Å². The van der Waals surface area contributed by atoms with Crippen molar-refractivity contribution in [2.24, 2.45) is 0 Å². The molecule has 1 aliphatic rings. The van der Waals surface area contributed by atoms with Crippen LogP contribution in [0, 0.1) is 0 Å². The van der Waals surface area contributed by atoms with Crippen LogP contribution in [0.1, 0.15) is 61.3 Å². The van der Waals surface area contributed by atoms with Crippen molar-refractivity contribution in [1.29, 1.82) is 0 Å². The van der Waals surface area contributed by atoms with E-state index in [-0.39, 0.29) is 6.42 Å². The summed E-state index contributed by atoms with van der Waals surface area (Å²) in [6.07, 6.45) is 14.2. The number of benzene rings is 2. The van der Waals surface area contributed by atoms with E-state index >= 15 is 0 Å². The third-order valence-electron chi connectivity index (χ3n) is 5.79. The molecule has 1 aliphatic carbocycles. The highest BCUT2D eigenvalue weighted by atomic mass is 16.5. The smallest absolute Gasteiger partial charge is 0.303 e. The molecule has 4 nitrogen and oxygen atoms in total. The Morgan fingerprint density at radius 2 is 1.76 bits per heavy atom. The molecule has 0 bridgehead atoms. The van der Waals surface area contributed by atoms with Crippen LogP contribution in [-0.4, -0.2) is 24.2 Å². The maximum absolute atomic E-state index is 10.8. The zero-order valence-electron chi connectivity index (χ0n) is 19.8. The van der Waals surface area contributed by atoms with Gasteiger partial charge in [-0.05, 0) is 98.0 Å². The highest BCUT2D eigenvalue weighted by Crippen LogP contribution is 2.21. The quantitative estimate of drug-likeness (QED) is 0.347. The Labute approximate surface area is 198 Å². The number of allylic oxidation sites excluding steroid dienone is 4. The van der Waals surface area contributed by atoms with Crippen molar-refractivity contribution in [3.8, 4) is 5.75 Å². The van der Waals surface area contributed by atoms with Crippen molar-refractivity contribution in [2.75, 3.05) is 13.1 Å². The molecule has 176 valence electrons. The van der Waals surface area contributed by atoms with Crippen LogP contribution in [0.5, 0.6) is 5.75 Å². The SMILES string of the molecule is CCCNCCCc1cc(COc2ccc(CCC(=O)O)cc2)cc(CC2=CCCC=C2)c1. The molecule has 4 heteroatoms. The number of hydrogen-bond donors (Lipinski definition) is 2. The third-order valence-corrected chi connectivity index (χ3v) is 5.79. The highest BCUT2D eigenvalue weighted by Gasteiger charge is 2.07. The number of ether oxygens (including phenoxy) is 1. The second kappa shape index (κ2) is 13.6. The first-order chi connectivity index (χ1) is 16.1. The summed E-state index contributed by atoms with van der Waals surface area (Å²) in [5.74, 6) is 0.0364. The Morgan fingerprint density at radius 3 is 2.48 bits per heavy atom. The van der Waals surface area contributed by atoms with Gasteiger partial charge in [0.1, 0.15) is 12.4 Å². The van der Waals surface area contributed by atoms with E-state index in [0.717, 1.165) is 56.5 Å². The van der Waals surface area contributed by atoms with Gasteiger partial charge in [0.15, 0.2) is 0 Å². The van der Waals surface area contributed by atoms with Crippen molar-refractivity contribution >= 4 is 5.97 Å².